The largest absolute Gasteiger partial charge is 0.495 e. The van der Waals surface area contributed by atoms with Crippen LogP contribution in [0.1, 0.15) is 30.9 Å². The van der Waals surface area contributed by atoms with Gasteiger partial charge in [0.25, 0.3) is 0 Å². The van der Waals surface area contributed by atoms with E-state index in [2.05, 4.69) is 32.4 Å². The van der Waals surface area contributed by atoms with E-state index >= 15 is 0 Å². The summed E-state index contributed by atoms with van der Waals surface area (Å²) < 4.78 is 19.8. The Kier molecular flexibility index (Phi) is 7.64. The quantitative estimate of drug-likeness (QED) is 0.516. The van der Waals surface area contributed by atoms with Crippen LogP contribution in [0.25, 0.3) is 11.3 Å². The van der Waals surface area contributed by atoms with E-state index in [1.165, 1.54) is 13.2 Å². The van der Waals surface area contributed by atoms with Crippen molar-refractivity contribution in [1.82, 2.24) is 15.3 Å². The smallest absolute Gasteiger partial charge is 0.225 e. The highest BCUT2D eigenvalue weighted by atomic mass is 19.1. The minimum Gasteiger partial charge on any atom is -0.495 e. The maximum atomic E-state index is 14.6. The van der Waals surface area contributed by atoms with Gasteiger partial charge < -0.3 is 20.3 Å². The second-order valence-electron chi connectivity index (χ2n) is 8.81. The summed E-state index contributed by atoms with van der Waals surface area (Å²) in [5, 5.41) is 15.3. The zero-order valence-corrected chi connectivity index (χ0v) is 20.6. The molecule has 4 rings (SSSR count). The molecule has 2 heterocycles. The number of nitrogens with zero attached hydrogens (tertiary/aromatic N) is 4. The van der Waals surface area contributed by atoms with Gasteiger partial charge in [-0.25, -0.2) is 9.37 Å². The van der Waals surface area contributed by atoms with Crippen LogP contribution in [-0.4, -0.2) is 42.6 Å². The van der Waals surface area contributed by atoms with Crippen LogP contribution in [0.15, 0.2) is 48.5 Å². The number of piperidine rings is 1. The first kappa shape index (κ1) is 24.9. The van der Waals surface area contributed by atoms with Gasteiger partial charge in [0, 0.05) is 37.8 Å². The number of anilines is 2. The van der Waals surface area contributed by atoms with Crippen LogP contribution < -0.4 is 20.3 Å². The average molecular weight is 489 g/mol. The molecule has 2 atom stereocenters. The highest BCUT2D eigenvalue weighted by molar-refractivity contribution is 5.79. The molecule has 1 fully saturated rings. The highest BCUT2D eigenvalue weighted by Crippen LogP contribution is 2.33. The first-order chi connectivity index (χ1) is 17.4. The van der Waals surface area contributed by atoms with Crippen molar-refractivity contribution in [3.05, 3.63) is 65.5 Å². The third-order valence-electron chi connectivity index (χ3n) is 6.47. The van der Waals surface area contributed by atoms with Gasteiger partial charge >= 0.3 is 0 Å². The van der Waals surface area contributed by atoms with Gasteiger partial charge in [0.1, 0.15) is 29.0 Å². The summed E-state index contributed by atoms with van der Waals surface area (Å²) in [6.07, 6.45) is 1.62. The third kappa shape index (κ3) is 5.38. The Bertz CT molecular complexity index is 1280. The molecule has 3 aromatic rings. The molecule has 1 amide bonds. The predicted molar refractivity (Wildman–Crippen MR) is 136 cm³/mol. The number of aromatic nitrogens is 2. The highest BCUT2D eigenvalue weighted by Gasteiger charge is 2.31. The molecule has 1 aliphatic rings. The first-order valence-electron chi connectivity index (χ1n) is 11.9. The van der Waals surface area contributed by atoms with Crippen molar-refractivity contribution in [3.63, 3.8) is 0 Å². The van der Waals surface area contributed by atoms with E-state index < -0.39 is 5.82 Å². The van der Waals surface area contributed by atoms with Crippen molar-refractivity contribution in [2.45, 2.75) is 32.4 Å². The van der Waals surface area contributed by atoms with E-state index in [1.54, 1.807) is 19.2 Å². The minimum atomic E-state index is -0.681. The van der Waals surface area contributed by atoms with Gasteiger partial charge in [0.2, 0.25) is 11.9 Å². The number of nitriles is 1. The number of hydrogen-bond acceptors (Lipinski definition) is 7. The van der Waals surface area contributed by atoms with Gasteiger partial charge in [0.05, 0.1) is 18.7 Å². The first-order valence-corrected chi connectivity index (χ1v) is 11.9. The molecule has 9 heteroatoms. The second kappa shape index (κ2) is 11.0. The number of halogens is 1. The molecule has 0 bridgehead atoms. The molecule has 1 saturated heterocycles. The maximum absolute atomic E-state index is 14.6. The van der Waals surface area contributed by atoms with Crippen LogP contribution in [0.2, 0.25) is 0 Å². The number of amides is 1. The minimum absolute atomic E-state index is 0.0118. The molecule has 2 N–H and O–H groups in total. The van der Waals surface area contributed by atoms with Crippen LogP contribution >= 0.6 is 0 Å². The number of nitrogens with one attached hydrogen (secondary N) is 2. The molecular formula is C27H29FN6O2. The van der Waals surface area contributed by atoms with E-state index in [9.17, 15) is 14.4 Å². The summed E-state index contributed by atoms with van der Waals surface area (Å²) in [6.45, 7) is 3.09. The molecule has 0 aliphatic carbocycles. The topological polar surface area (TPSA) is 103 Å². The lowest BCUT2D eigenvalue weighted by Gasteiger charge is -2.38. The molecule has 36 heavy (non-hydrogen) atoms. The summed E-state index contributed by atoms with van der Waals surface area (Å²) in [4.78, 5) is 24.2. The van der Waals surface area contributed by atoms with E-state index in [0.29, 0.717) is 36.1 Å². The average Bonchev–Trinajstić information content (AvgIpc) is 2.91. The number of ether oxygens (including phenoxy) is 1. The number of hydrogen-bond donors (Lipinski definition) is 2. The Morgan fingerprint density at radius 1 is 1.22 bits per heavy atom. The fourth-order valence-electron chi connectivity index (χ4n) is 4.41. The maximum Gasteiger partial charge on any atom is 0.225 e. The van der Waals surface area contributed by atoms with Gasteiger partial charge in [-0.1, -0.05) is 30.3 Å². The van der Waals surface area contributed by atoms with Crippen molar-refractivity contribution in [2.24, 2.45) is 5.92 Å². The van der Waals surface area contributed by atoms with Gasteiger partial charge in [-0.3, -0.25) is 4.79 Å². The molecule has 1 aromatic heterocycles. The Labute approximate surface area is 210 Å². The zero-order chi connectivity index (χ0) is 25.7. The third-order valence-corrected chi connectivity index (χ3v) is 6.47. The molecule has 0 spiro atoms. The van der Waals surface area contributed by atoms with Crippen molar-refractivity contribution in [3.8, 4) is 23.1 Å². The zero-order valence-electron chi connectivity index (χ0n) is 20.6. The number of methoxy groups -OCH3 is 1. The summed E-state index contributed by atoms with van der Waals surface area (Å²) in [5.74, 6) is 0.293. The number of carbonyl (C=O) groups is 1. The lowest BCUT2D eigenvalue weighted by Crippen LogP contribution is -2.47. The number of benzene rings is 2. The summed E-state index contributed by atoms with van der Waals surface area (Å²) in [6, 6.07) is 16.4. The molecule has 0 saturated carbocycles. The lowest BCUT2D eigenvalue weighted by molar-refractivity contribution is -0.125. The summed E-state index contributed by atoms with van der Waals surface area (Å²) in [7, 11) is 3.10. The predicted octanol–water partition coefficient (Wildman–Crippen LogP) is 4.13. The van der Waals surface area contributed by atoms with Gasteiger partial charge in [-0.15, -0.1) is 0 Å². The molecule has 2 aromatic carbocycles. The van der Waals surface area contributed by atoms with E-state index in [4.69, 9.17) is 4.74 Å². The Morgan fingerprint density at radius 3 is 2.69 bits per heavy atom. The molecule has 186 valence electrons. The summed E-state index contributed by atoms with van der Waals surface area (Å²) in [5.41, 5.74) is 1.84. The molecule has 0 radical (unpaired) electrons. The Balaban J connectivity index is 1.60. The van der Waals surface area contributed by atoms with Crippen molar-refractivity contribution < 1.29 is 13.9 Å². The molecule has 0 unspecified atom stereocenters. The lowest BCUT2D eigenvalue weighted by atomic mass is 9.92. The fourth-order valence-corrected chi connectivity index (χ4v) is 4.41. The van der Waals surface area contributed by atoms with E-state index in [1.807, 2.05) is 36.4 Å². The normalized spacial score (nSPS) is 17.2. The Morgan fingerprint density at radius 2 is 2.00 bits per heavy atom. The van der Waals surface area contributed by atoms with Crippen molar-refractivity contribution >= 4 is 17.7 Å². The SMILES string of the molecule is CNc1nc(-c2cc(F)c(C#N)c(OC)c2)cc(N2C[C@@H](C(=O)NCc3ccccc3)CC[C@H]2C)n1. The van der Waals surface area contributed by atoms with Crippen molar-refractivity contribution in [1.29, 1.82) is 5.26 Å². The fraction of sp³-hybridized carbons (Fsp3) is 0.333. The molecular weight excluding hydrogens is 459 g/mol. The van der Waals surface area contributed by atoms with E-state index in [-0.39, 0.29) is 29.2 Å². The monoisotopic (exact) mass is 488 g/mol. The molecule has 8 nitrogen and oxygen atoms in total. The Hall–Kier alpha value is -4.19. The second-order valence-corrected chi connectivity index (χ2v) is 8.81. The number of rotatable bonds is 7. The molecule has 1 aliphatic heterocycles. The van der Waals surface area contributed by atoms with Gasteiger partial charge in [0.15, 0.2) is 0 Å². The van der Waals surface area contributed by atoms with Crippen LogP contribution in [0.5, 0.6) is 5.75 Å². The van der Waals surface area contributed by atoms with E-state index in [0.717, 1.165) is 18.4 Å². The van der Waals surface area contributed by atoms with Crippen LogP contribution in [-0.2, 0) is 11.3 Å². The van der Waals surface area contributed by atoms with Crippen molar-refractivity contribution in [2.75, 3.05) is 30.9 Å². The van der Waals surface area contributed by atoms with Gasteiger partial charge in [-0.05, 0) is 37.5 Å². The van der Waals surface area contributed by atoms with Crippen LogP contribution in [0, 0.1) is 23.1 Å². The van der Waals surface area contributed by atoms with Crippen LogP contribution in [0.3, 0.4) is 0 Å². The number of carbonyl (C=O) groups excluding carboxylic acids is 1. The van der Waals surface area contributed by atoms with Crippen LogP contribution in [0.4, 0.5) is 16.2 Å². The van der Waals surface area contributed by atoms with Gasteiger partial charge in [-0.2, -0.15) is 10.2 Å². The standard InChI is InChI=1S/C27H29FN6O2/c1-17-9-10-19(26(35)31-15-18-7-5-4-6-8-18)16-34(17)25-13-23(32-27(30-2)33-25)20-11-22(28)21(14-29)24(12-20)36-3/h4-8,11-13,17,19H,9-10,15-16H2,1-3H3,(H,31,35)(H,30,32,33)/t17-,19+/m1/s1. The summed E-state index contributed by atoms with van der Waals surface area (Å²) >= 11 is 0.